The van der Waals surface area contributed by atoms with Crippen molar-refractivity contribution in [2.75, 3.05) is 7.11 Å². The van der Waals surface area contributed by atoms with Crippen molar-refractivity contribution in [3.05, 3.63) is 24.2 Å². The van der Waals surface area contributed by atoms with Crippen LogP contribution < -0.4 is 0 Å². The summed E-state index contributed by atoms with van der Waals surface area (Å²) in [5.74, 6) is -5.42. The Morgan fingerprint density at radius 1 is 1.10 bits per heavy atom. The molecule has 2 aliphatic heterocycles. The molecule has 42 heavy (non-hydrogen) atoms. The number of aliphatic hydroxyl groups excluding tert-OH is 1. The topological polar surface area (TPSA) is 162 Å². The van der Waals surface area contributed by atoms with Crippen LogP contribution >= 0.6 is 0 Å². The van der Waals surface area contributed by atoms with E-state index in [1.54, 1.807) is 46.9 Å². The van der Waals surface area contributed by atoms with Gasteiger partial charge in [-0.05, 0) is 18.9 Å². The molecule has 3 heterocycles. The third kappa shape index (κ3) is 3.33. The van der Waals surface area contributed by atoms with Crippen molar-refractivity contribution in [3.63, 3.8) is 0 Å². The Hall–Kier alpha value is -2.76. The van der Waals surface area contributed by atoms with Crippen LogP contribution in [-0.2, 0) is 38.1 Å². The summed E-state index contributed by atoms with van der Waals surface area (Å²) in [6.07, 6.45) is -0.922. The molecule has 0 aromatic carbocycles. The van der Waals surface area contributed by atoms with Crippen LogP contribution in [0.1, 0.15) is 72.5 Å². The maximum Gasteiger partial charge on any atom is 0.335 e. The second kappa shape index (κ2) is 8.89. The molecule has 11 nitrogen and oxygen atoms in total. The first-order valence-corrected chi connectivity index (χ1v) is 14.7. The zero-order chi connectivity index (χ0) is 30.8. The fourth-order valence-corrected chi connectivity index (χ4v) is 9.89. The average Bonchev–Trinajstić information content (AvgIpc) is 3.41. The zero-order valence-electron chi connectivity index (χ0n) is 25.0. The third-order valence-corrected chi connectivity index (χ3v) is 11.6. The molecular formula is C31H40O11. The van der Waals surface area contributed by atoms with Crippen molar-refractivity contribution < 1.29 is 52.8 Å². The number of cyclic esters (lactones) is 1. The smallest absolute Gasteiger partial charge is 0.335 e. The number of Topliss-reactive ketones (excluding diaryl/α,β-unsaturated/α-hetero) is 1. The van der Waals surface area contributed by atoms with Gasteiger partial charge in [0, 0.05) is 39.6 Å². The Morgan fingerprint density at radius 2 is 1.79 bits per heavy atom. The van der Waals surface area contributed by atoms with Gasteiger partial charge in [-0.2, -0.15) is 0 Å². The van der Waals surface area contributed by atoms with Crippen molar-refractivity contribution >= 4 is 23.7 Å². The van der Waals surface area contributed by atoms with Crippen LogP contribution in [0, 0.1) is 39.9 Å². The number of aliphatic hydroxyl groups is 2. The van der Waals surface area contributed by atoms with Gasteiger partial charge in [0.2, 0.25) is 0 Å². The number of methoxy groups -OCH3 is 1. The number of rotatable bonds is 5. The summed E-state index contributed by atoms with van der Waals surface area (Å²) < 4.78 is 28.6. The lowest BCUT2D eigenvalue weighted by Gasteiger charge is -2.67. The van der Waals surface area contributed by atoms with Gasteiger partial charge < -0.3 is 33.6 Å². The third-order valence-electron chi connectivity index (χ3n) is 11.6. The number of fused-ring (bicyclic) bond motifs is 5. The molecule has 11 heteroatoms. The summed E-state index contributed by atoms with van der Waals surface area (Å²) in [6, 6.07) is 1.75. The molecule has 5 fully saturated rings. The number of hydrogen-bond acceptors (Lipinski definition) is 11. The first-order chi connectivity index (χ1) is 19.5. The number of ether oxygens (including phenoxy) is 4. The molecule has 1 aromatic rings. The number of hydrogen-bond donors (Lipinski definition) is 2. The van der Waals surface area contributed by atoms with Gasteiger partial charge in [0.25, 0.3) is 0 Å². The van der Waals surface area contributed by atoms with Crippen molar-refractivity contribution in [3.8, 4) is 0 Å². The van der Waals surface area contributed by atoms with E-state index in [0.717, 1.165) is 7.11 Å². The predicted molar refractivity (Wildman–Crippen MR) is 142 cm³/mol. The molecule has 1 spiro atoms. The predicted octanol–water partition coefficient (Wildman–Crippen LogP) is 2.52. The zero-order valence-corrected chi connectivity index (χ0v) is 25.0. The van der Waals surface area contributed by atoms with Crippen LogP contribution in [0.4, 0.5) is 0 Å². The van der Waals surface area contributed by atoms with E-state index in [0.29, 0.717) is 18.4 Å². The van der Waals surface area contributed by atoms with Gasteiger partial charge in [0.15, 0.2) is 17.5 Å². The van der Waals surface area contributed by atoms with Crippen LogP contribution in [0.2, 0.25) is 0 Å². The molecule has 2 saturated heterocycles. The number of carbonyl (C=O) groups excluding carboxylic acids is 4. The Balaban J connectivity index is 1.55. The number of epoxide rings is 1. The van der Waals surface area contributed by atoms with Gasteiger partial charge in [0.1, 0.15) is 23.9 Å². The molecule has 6 rings (SSSR count). The maximum absolute atomic E-state index is 14.7. The average molecular weight is 589 g/mol. The lowest BCUT2D eigenvalue weighted by Crippen LogP contribution is -2.81. The minimum atomic E-state index is -2.30. The Bertz CT molecular complexity index is 1330. The molecule has 0 amide bonds. The van der Waals surface area contributed by atoms with Crippen LogP contribution in [0.3, 0.4) is 0 Å². The van der Waals surface area contributed by atoms with Gasteiger partial charge in [-0.25, -0.2) is 4.79 Å². The highest BCUT2D eigenvalue weighted by Gasteiger charge is 2.91. The standard InChI is InChI=1S/C31H40O11/c1-14(2)22(34)41-25-27(3,4)20(19(33)23(35)38-7)29(6)16-8-10-28(5)17(31(16)26(42-31)30(25,37)24(29)36)12-18(32)40-21(28)15-9-11-39-13-15/h9,11,13-14,16-17,19-21,25-26,33,37H,8,10,12H2,1-7H3/t16?,17?,19-,20+,21+,25+,26-,28-,29-,30+,31-/m0/s1. The Kier molecular flexibility index (Phi) is 6.20. The van der Waals surface area contributed by atoms with E-state index in [1.165, 1.54) is 6.26 Å². The van der Waals surface area contributed by atoms with Gasteiger partial charge in [-0.1, -0.05) is 41.5 Å². The molecular weight excluding hydrogens is 548 g/mol. The molecule has 5 aliphatic rings. The fraction of sp³-hybridized carbons (Fsp3) is 0.742. The van der Waals surface area contributed by atoms with Crippen molar-refractivity contribution in [2.45, 2.75) is 96.4 Å². The lowest BCUT2D eigenvalue weighted by atomic mass is 9.36. The molecule has 2 unspecified atom stereocenters. The summed E-state index contributed by atoms with van der Waals surface area (Å²) in [5, 5.41) is 24.1. The number of ketones is 1. The molecule has 3 aliphatic carbocycles. The summed E-state index contributed by atoms with van der Waals surface area (Å²) >= 11 is 0. The first kappa shape index (κ1) is 29.3. The van der Waals surface area contributed by atoms with E-state index in [9.17, 15) is 29.4 Å². The summed E-state index contributed by atoms with van der Waals surface area (Å²) in [7, 11) is 1.15. The largest absolute Gasteiger partial charge is 0.472 e. The number of furan rings is 1. The quantitative estimate of drug-likeness (QED) is 0.295. The van der Waals surface area contributed by atoms with Crippen LogP contribution in [0.15, 0.2) is 23.0 Å². The molecule has 0 radical (unpaired) electrons. The van der Waals surface area contributed by atoms with E-state index in [1.807, 2.05) is 6.92 Å². The number of esters is 3. The lowest BCUT2D eigenvalue weighted by molar-refractivity contribution is -0.261. The first-order valence-electron chi connectivity index (χ1n) is 14.7. The fourth-order valence-electron chi connectivity index (χ4n) is 9.89. The second-order valence-corrected chi connectivity index (χ2v) is 14.3. The van der Waals surface area contributed by atoms with Gasteiger partial charge in [-0.15, -0.1) is 0 Å². The highest BCUT2D eigenvalue weighted by atomic mass is 16.6. The van der Waals surface area contributed by atoms with Crippen LogP contribution in [-0.4, -0.2) is 70.5 Å². The normalized spacial score (nSPS) is 45.6. The molecule has 2 N–H and O–H groups in total. The second-order valence-electron chi connectivity index (χ2n) is 14.3. The summed E-state index contributed by atoms with van der Waals surface area (Å²) in [4.78, 5) is 53.8. The van der Waals surface area contributed by atoms with Crippen molar-refractivity contribution in [2.24, 2.45) is 39.9 Å². The Morgan fingerprint density at radius 3 is 2.38 bits per heavy atom. The van der Waals surface area contributed by atoms with Crippen LogP contribution in [0.25, 0.3) is 0 Å². The molecule has 3 saturated carbocycles. The summed E-state index contributed by atoms with van der Waals surface area (Å²) in [5.41, 5.74) is -6.22. The van der Waals surface area contributed by atoms with Gasteiger partial charge in [0.05, 0.1) is 32.0 Å². The minimum absolute atomic E-state index is 0.0116. The monoisotopic (exact) mass is 588 g/mol. The molecule has 1 aromatic heterocycles. The van der Waals surface area contributed by atoms with E-state index in [-0.39, 0.29) is 6.42 Å². The van der Waals surface area contributed by atoms with Crippen molar-refractivity contribution in [1.29, 1.82) is 0 Å². The highest BCUT2D eigenvalue weighted by molar-refractivity contribution is 5.99. The molecule has 2 bridgehead atoms. The maximum atomic E-state index is 14.7. The van der Waals surface area contributed by atoms with E-state index in [2.05, 4.69) is 0 Å². The summed E-state index contributed by atoms with van der Waals surface area (Å²) in [6.45, 7) is 10.3. The van der Waals surface area contributed by atoms with Gasteiger partial charge >= 0.3 is 17.9 Å². The molecule has 11 atom stereocenters. The van der Waals surface area contributed by atoms with Crippen molar-refractivity contribution in [1.82, 2.24) is 0 Å². The molecule has 230 valence electrons. The highest BCUT2D eigenvalue weighted by Crippen LogP contribution is 2.78. The van der Waals surface area contributed by atoms with E-state index in [4.69, 9.17) is 23.4 Å². The van der Waals surface area contributed by atoms with Crippen LogP contribution in [0.5, 0.6) is 0 Å². The van der Waals surface area contributed by atoms with E-state index >= 15 is 0 Å². The van der Waals surface area contributed by atoms with E-state index < -0.39 is 99.2 Å². The van der Waals surface area contributed by atoms with Gasteiger partial charge in [-0.3, -0.25) is 14.4 Å². The Labute approximate surface area is 244 Å². The minimum Gasteiger partial charge on any atom is -0.472 e. The SMILES string of the molecule is COC(=O)[C@@H](O)[C@@H]1C(C)(C)[C@@H](OC(=O)C(C)C)[C@]2(O)C(=O)[C@@]1(C)C1CC[C@@]3(C)C(CC(=O)O[C@@H]3c3ccoc3)[C@@]13O[C@H]32. The number of carbonyl (C=O) groups is 4.